The number of piperazine rings is 1. The fourth-order valence-corrected chi connectivity index (χ4v) is 3.74. The summed E-state index contributed by atoms with van der Waals surface area (Å²) in [7, 11) is 0. The highest BCUT2D eigenvalue weighted by atomic mass is 15.3. The zero-order chi connectivity index (χ0) is 17.5. The van der Waals surface area contributed by atoms with E-state index in [2.05, 4.69) is 61.3 Å². The van der Waals surface area contributed by atoms with Crippen LogP contribution in [0.2, 0.25) is 0 Å². The Hall–Kier alpha value is -3.15. The van der Waals surface area contributed by atoms with E-state index >= 15 is 0 Å². The highest BCUT2D eigenvalue weighted by Crippen LogP contribution is 2.27. The molecule has 1 aliphatic rings. The lowest BCUT2D eigenvalue weighted by atomic mass is 10.1. The second-order valence-corrected chi connectivity index (χ2v) is 6.70. The van der Waals surface area contributed by atoms with Crippen LogP contribution in [0.15, 0.2) is 55.0 Å². The van der Waals surface area contributed by atoms with Crippen molar-refractivity contribution >= 4 is 27.8 Å². The van der Waals surface area contributed by atoms with Gasteiger partial charge in [-0.3, -0.25) is 4.98 Å². The molecule has 3 aromatic heterocycles. The lowest BCUT2D eigenvalue weighted by Gasteiger charge is -2.37. The average Bonchev–Trinajstić information content (AvgIpc) is 3.07. The summed E-state index contributed by atoms with van der Waals surface area (Å²) in [5, 5.41) is 6.82. The van der Waals surface area contributed by atoms with Gasteiger partial charge in [0.05, 0.1) is 11.9 Å². The summed E-state index contributed by atoms with van der Waals surface area (Å²) < 4.78 is 1.83. The molecule has 4 heterocycles. The van der Waals surface area contributed by atoms with E-state index in [1.54, 1.807) is 0 Å². The molecule has 0 aliphatic carbocycles. The van der Waals surface area contributed by atoms with Gasteiger partial charge >= 0.3 is 0 Å². The first-order chi connectivity index (χ1) is 12.8. The summed E-state index contributed by atoms with van der Waals surface area (Å²) in [4.78, 5) is 13.8. The Labute approximate surface area is 151 Å². The third-order valence-electron chi connectivity index (χ3n) is 5.06. The van der Waals surface area contributed by atoms with Crippen LogP contribution in [0.1, 0.15) is 5.82 Å². The minimum Gasteiger partial charge on any atom is -0.368 e. The molecule has 1 saturated heterocycles. The maximum atomic E-state index is 4.47. The largest absolute Gasteiger partial charge is 0.368 e. The maximum Gasteiger partial charge on any atom is 0.157 e. The molecule has 0 saturated carbocycles. The van der Waals surface area contributed by atoms with Crippen LogP contribution in [-0.2, 0) is 0 Å². The molecule has 0 N–H and O–H groups in total. The van der Waals surface area contributed by atoms with Crippen LogP contribution in [0.3, 0.4) is 0 Å². The number of pyridine rings is 2. The Kier molecular flexibility index (Phi) is 3.48. The summed E-state index contributed by atoms with van der Waals surface area (Å²) >= 11 is 0. The smallest absolute Gasteiger partial charge is 0.157 e. The van der Waals surface area contributed by atoms with Crippen LogP contribution in [0.5, 0.6) is 0 Å². The molecule has 6 nitrogen and oxygen atoms in total. The van der Waals surface area contributed by atoms with Crippen molar-refractivity contribution in [3.05, 3.63) is 60.8 Å². The predicted octanol–water partition coefficient (Wildman–Crippen LogP) is 2.91. The van der Waals surface area contributed by atoms with E-state index < -0.39 is 0 Å². The minimum absolute atomic E-state index is 0.801. The zero-order valence-corrected chi connectivity index (χ0v) is 14.7. The molecule has 4 aromatic rings. The van der Waals surface area contributed by atoms with Crippen molar-refractivity contribution in [2.75, 3.05) is 36.0 Å². The van der Waals surface area contributed by atoms with E-state index in [4.69, 9.17) is 0 Å². The monoisotopic (exact) mass is 344 g/mol. The molecule has 1 aromatic carbocycles. The number of hydrogen-bond donors (Lipinski definition) is 0. The Morgan fingerprint density at radius 3 is 2.62 bits per heavy atom. The Morgan fingerprint density at radius 2 is 1.73 bits per heavy atom. The summed E-state index contributed by atoms with van der Waals surface area (Å²) in [6.07, 6.45) is 5.92. The van der Waals surface area contributed by atoms with Crippen molar-refractivity contribution in [2.45, 2.75) is 6.92 Å². The van der Waals surface area contributed by atoms with Gasteiger partial charge in [-0.15, -0.1) is 0 Å². The van der Waals surface area contributed by atoms with Crippen molar-refractivity contribution in [1.82, 2.24) is 19.6 Å². The van der Waals surface area contributed by atoms with Crippen LogP contribution >= 0.6 is 0 Å². The first-order valence-corrected chi connectivity index (χ1v) is 8.94. The quantitative estimate of drug-likeness (QED) is 0.560. The molecular formula is C20H20N6. The van der Waals surface area contributed by atoms with Crippen molar-refractivity contribution in [2.24, 2.45) is 0 Å². The van der Waals surface area contributed by atoms with E-state index in [1.165, 1.54) is 22.1 Å². The highest BCUT2D eigenvalue weighted by molar-refractivity contribution is 5.93. The number of aromatic nitrogens is 4. The molecule has 6 heteroatoms. The predicted molar refractivity (Wildman–Crippen MR) is 104 cm³/mol. The van der Waals surface area contributed by atoms with Gasteiger partial charge in [0, 0.05) is 61.1 Å². The molecule has 0 bridgehead atoms. The number of anilines is 2. The van der Waals surface area contributed by atoms with E-state index in [0.29, 0.717) is 0 Å². The molecule has 1 aliphatic heterocycles. The van der Waals surface area contributed by atoms with Crippen molar-refractivity contribution < 1.29 is 0 Å². The standard InChI is InChI=1S/C20H20N6/c1-15-22-20-12-17(6-7-26(20)23-15)24-8-10-25(11-9-24)19-14-21-13-16-4-2-3-5-18(16)19/h2-7,12-14H,8-11H2,1H3. The second kappa shape index (κ2) is 5.98. The first-order valence-electron chi connectivity index (χ1n) is 8.94. The molecular weight excluding hydrogens is 324 g/mol. The van der Waals surface area contributed by atoms with Gasteiger partial charge in [0.25, 0.3) is 0 Å². The summed E-state index contributed by atoms with van der Waals surface area (Å²) in [5.74, 6) is 0.801. The van der Waals surface area contributed by atoms with E-state index in [9.17, 15) is 0 Å². The van der Waals surface area contributed by atoms with Crippen LogP contribution in [0, 0.1) is 6.92 Å². The van der Waals surface area contributed by atoms with E-state index in [1.807, 2.05) is 30.0 Å². The fourth-order valence-electron chi connectivity index (χ4n) is 3.74. The molecule has 26 heavy (non-hydrogen) atoms. The third-order valence-corrected chi connectivity index (χ3v) is 5.06. The molecule has 130 valence electrons. The maximum absolute atomic E-state index is 4.47. The molecule has 0 amide bonds. The first kappa shape index (κ1) is 15.1. The van der Waals surface area contributed by atoms with Gasteiger partial charge in [0.2, 0.25) is 0 Å². The highest BCUT2D eigenvalue weighted by Gasteiger charge is 2.19. The average molecular weight is 344 g/mol. The van der Waals surface area contributed by atoms with Gasteiger partial charge in [0.15, 0.2) is 5.65 Å². The molecule has 1 fully saturated rings. The normalized spacial score (nSPS) is 15.1. The summed E-state index contributed by atoms with van der Waals surface area (Å²) in [5.41, 5.74) is 3.34. The van der Waals surface area contributed by atoms with E-state index in [0.717, 1.165) is 37.7 Å². The zero-order valence-electron chi connectivity index (χ0n) is 14.7. The number of aryl methyl sites for hydroxylation is 1. The molecule has 0 spiro atoms. The lowest BCUT2D eigenvalue weighted by Crippen LogP contribution is -2.46. The molecule has 0 atom stereocenters. The van der Waals surface area contributed by atoms with Crippen LogP contribution < -0.4 is 9.80 Å². The summed E-state index contributed by atoms with van der Waals surface area (Å²) in [6, 6.07) is 12.7. The molecule has 0 radical (unpaired) electrons. The number of fused-ring (bicyclic) bond motifs is 2. The van der Waals surface area contributed by atoms with Gasteiger partial charge in [-0.25, -0.2) is 9.50 Å². The van der Waals surface area contributed by atoms with Crippen molar-refractivity contribution in [3.8, 4) is 0 Å². The Bertz CT molecular complexity index is 1070. The van der Waals surface area contributed by atoms with Gasteiger partial charge in [-0.1, -0.05) is 24.3 Å². The summed E-state index contributed by atoms with van der Waals surface area (Å²) in [6.45, 7) is 5.84. The van der Waals surface area contributed by atoms with E-state index in [-0.39, 0.29) is 0 Å². The number of benzene rings is 1. The third kappa shape index (κ3) is 2.54. The SMILES string of the molecule is Cc1nc2cc(N3CCN(c4cncc5ccccc45)CC3)ccn2n1. The van der Waals surface area contributed by atoms with Gasteiger partial charge in [-0.2, -0.15) is 5.10 Å². The minimum atomic E-state index is 0.801. The second-order valence-electron chi connectivity index (χ2n) is 6.70. The molecule has 5 rings (SSSR count). The lowest BCUT2D eigenvalue weighted by molar-refractivity contribution is 0.654. The fraction of sp³-hybridized carbons (Fsp3) is 0.250. The number of nitrogens with zero attached hydrogens (tertiary/aromatic N) is 6. The van der Waals surface area contributed by atoms with Crippen LogP contribution in [0.4, 0.5) is 11.4 Å². The number of hydrogen-bond acceptors (Lipinski definition) is 5. The van der Waals surface area contributed by atoms with Crippen molar-refractivity contribution in [3.63, 3.8) is 0 Å². The van der Waals surface area contributed by atoms with Crippen LogP contribution in [-0.4, -0.2) is 45.8 Å². The topological polar surface area (TPSA) is 49.6 Å². The van der Waals surface area contributed by atoms with Gasteiger partial charge in [-0.05, 0) is 13.0 Å². The van der Waals surface area contributed by atoms with Gasteiger partial charge < -0.3 is 9.80 Å². The van der Waals surface area contributed by atoms with Crippen LogP contribution in [0.25, 0.3) is 16.4 Å². The Morgan fingerprint density at radius 1 is 0.923 bits per heavy atom. The molecule has 0 unspecified atom stereocenters. The van der Waals surface area contributed by atoms with Gasteiger partial charge in [0.1, 0.15) is 5.82 Å². The van der Waals surface area contributed by atoms with Crippen molar-refractivity contribution in [1.29, 1.82) is 0 Å². The number of rotatable bonds is 2. The Balaban J connectivity index is 1.38.